The summed E-state index contributed by atoms with van der Waals surface area (Å²) in [6.45, 7) is 4.17. The molecule has 0 fully saturated rings. The molecule has 0 saturated heterocycles. The fourth-order valence-corrected chi connectivity index (χ4v) is 3.46. The molecule has 1 aromatic carbocycles. The van der Waals surface area contributed by atoms with E-state index in [2.05, 4.69) is 52.5 Å². The van der Waals surface area contributed by atoms with Crippen molar-refractivity contribution in [1.29, 1.82) is 0 Å². The molecule has 0 unspecified atom stereocenters. The number of nitrogens with one attached hydrogen (secondary N) is 1. The summed E-state index contributed by atoms with van der Waals surface area (Å²) in [6.07, 6.45) is 11.3. The first-order chi connectivity index (χ1) is 12.9. The molecule has 4 heteroatoms. The van der Waals surface area contributed by atoms with Crippen LogP contribution in [-0.4, -0.2) is 35.0 Å². The fourth-order valence-electron chi connectivity index (χ4n) is 3.46. The Morgan fingerprint density at radius 3 is 2.65 bits per heavy atom. The lowest BCUT2D eigenvalue weighted by Gasteiger charge is -2.28. The molecule has 1 aliphatic heterocycles. The van der Waals surface area contributed by atoms with Gasteiger partial charge in [0.2, 0.25) is 0 Å². The van der Waals surface area contributed by atoms with Gasteiger partial charge in [0.05, 0.1) is 12.6 Å². The van der Waals surface area contributed by atoms with E-state index < -0.39 is 0 Å². The van der Waals surface area contributed by atoms with E-state index in [1.165, 1.54) is 37.7 Å². The Kier molecular flexibility index (Phi) is 7.05. The lowest BCUT2D eigenvalue weighted by Crippen LogP contribution is -2.41. The second-order valence-corrected chi connectivity index (χ2v) is 6.98. The van der Waals surface area contributed by atoms with Crippen molar-refractivity contribution in [2.24, 2.45) is 4.99 Å². The van der Waals surface area contributed by atoms with Gasteiger partial charge in [-0.15, -0.1) is 0 Å². The van der Waals surface area contributed by atoms with Gasteiger partial charge < -0.3 is 10.2 Å². The molecule has 2 aromatic rings. The van der Waals surface area contributed by atoms with Crippen LogP contribution in [0.1, 0.15) is 44.6 Å². The first-order valence-electron chi connectivity index (χ1n) is 9.89. The van der Waals surface area contributed by atoms with Gasteiger partial charge in [-0.2, -0.15) is 0 Å². The van der Waals surface area contributed by atoms with Crippen LogP contribution in [0.2, 0.25) is 0 Å². The number of rotatable bonds is 9. The summed E-state index contributed by atoms with van der Waals surface area (Å²) in [7, 11) is 0. The van der Waals surface area contributed by atoms with Crippen molar-refractivity contribution < 1.29 is 0 Å². The van der Waals surface area contributed by atoms with Crippen LogP contribution in [0.5, 0.6) is 0 Å². The number of para-hydroxylation sites is 1. The molecule has 26 heavy (non-hydrogen) atoms. The maximum atomic E-state index is 4.82. The summed E-state index contributed by atoms with van der Waals surface area (Å²) < 4.78 is 0. The van der Waals surface area contributed by atoms with Gasteiger partial charge in [0.25, 0.3) is 0 Å². The van der Waals surface area contributed by atoms with Gasteiger partial charge in [0.15, 0.2) is 5.96 Å². The van der Waals surface area contributed by atoms with Crippen LogP contribution in [0.4, 0.5) is 5.69 Å². The third-order valence-electron chi connectivity index (χ3n) is 4.89. The van der Waals surface area contributed by atoms with Crippen LogP contribution in [-0.2, 0) is 6.42 Å². The minimum atomic E-state index is 0.414. The van der Waals surface area contributed by atoms with Gasteiger partial charge in [0, 0.05) is 24.6 Å². The molecule has 1 N–H and O–H groups in total. The van der Waals surface area contributed by atoms with Crippen molar-refractivity contribution in [3.63, 3.8) is 0 Å². The van der Waals surface area contributed by atoms with Crippen LogP contribution in [0.25, 0.3) is 0 Å². The van der Waals surface area contributed by atoms with E-state index in [1.807, 2.05) is 24.5 Å². The molecule has 138 valence electrons. The average molecular weight is 351 g/mol. The van der Waals surface area contributed by atoms with Gasteiger partial charge in [-0.3, -0.25) is 9.98 Å². The number of unbranched alkanes of at least 4 members (excludes halogenated alkanes) is 4. The first-order valence-corrected chi connectivity index (χ1v) is 9.89. The van der Waals surface area contributed by atoms with Gasteiger partial charge >= 0.3 is 0 Å². The zero-order chi connectivity index (χ0) is 18.0. The number of aliphatic imine (C=N–C) groups is 1. The van der Waals surface area contributed by atoms with Crippen molar-refractivity contribution in [2.45, 2.75) is 51.5 Å². The predicted octanol–water partition coefficient (Wildman–Crippen LogP) is 4.75. The maximum Gasteiger partial charge on any atom is 0.198 e. The third-order valence-corrected chi connectivity index (χ3v) is 4.89. The van der Waals surface area contributed by atoms with Crippen LogP contribution in [0, 0.1) is 0 Å². The van der Waals surface area contributed by atoms with E-state index in [-0.39, 0.29) is 0 Å². The molecule has 0 aliphatic carbocycles. The quantitative estimate of drug-likeness (QED) is 0.664. The van der Waals surface area contributed by atoms with Crippen LogP contribution >= 0.6 is 0 Å². The lowest BCUT2D eigenvalue weighted by molar-refractivity contribution is 0.330. The number of nitrogens with zero attached hydrogens (tertiary/aromatic N) is 3. The van der Waals surface area contributed by atoms with Gasteiger partial charge in [-0.25, -0.2) is 0 Å². The van der Waals surface area contributed by atoms with Crippen LogP contribution in [0.3, 0.4) is 0 Å². The zero-order valence-electron chi connectivity index (χ0n) is 15.8. The number of guanidine groups is 1. The molecule has 0 spiro atoms. The lowest BCUT2D eigenvalue weighted by atomic mass is 10.1. The molecule has 3 rings (SSSR count). The number of pyridine rings is 1. The summed E-state index contributed by atoms with van der Waals surface area (Å²) in [5.74, 6) is 1.01. The standard InChI is InChI=1S/C22H30N4/c1-2-3-4-5-9-15-26-21(16-19-11-10-14-23-17-19)18-24-22(26)25-20-12-7-6-8-13-20/h6-8,10-14,17,21H,2-5,9,15-16,18H2,1H3,(H,24,25)/t21-/m0/s1. The van der Waals surface area contributed by atoms with Crippen molar-refractivity contribution in [2.75, 3.05) is 18.4 Å². The van der Waals surface area contributed by atoms with E-state index in [0.29, 0.717) is 6.04 Å². The van der Waals surface area contributed by atoms with E-state index in [0.717, 1.165) is 31.2 Å². The molecular formula is C22H30N4. The first kappa shape index (κ1) is 18.4. The third kappa shape index (κ3) is 5.32. The summed E-state index contributed by atoms with van der Waals surface area (Å²) in [5.41, 5.74) is 2.38. The Balaban J connectivity index is 1.62. The molecule has 4 nitrogen and oxygen atoms in total. The molecule has 0 amide bonds. The normalized spacial score (nSPS) is 16.6. The second-order valence-electron chi connectivity index (χ2n) is 6.98. The van der Waals surface area contributed by atoms with Crippen molar-refractivity contribution in [3.8, 4) is 0 Å². The molecule has 2 heterocycles. The highest BCUT2D eigenvalue weighted by atomic mass is 15.4. The number of hydrogen-bond donors (Lipinski definition) is 1. The minimum Gasteiger partial charge on any atom is -0.338 e. The topological polar surface area (TPSA) is 40.5 Å². The van der Waals surface area contributed by atoms with Crippen LogP contribution in [0.15, 0.2) is 59.9 Å². The molecule has 0 saturated carbocycles. The number of aromatic nitrogens is 1. The zero-order valence-corrected chi connectivity index (χ0v) is 15.8. The number of hydrogen-bond acceptors (Lipinski definition) is 4. The molecule has 1 aliphatic rings. The fraction of sp³-hybridized carbons (Fsp3) is 0.455. The molecule has 1 aromatic heterocycles. The van der Waals surface area contributed by atoms with Gasteiger partial charge in [-0.1, -0.05) is 56.9 Å². The van der Waals surface area contributed by atoms with Crippen molar-refractivity contribution in [1.82, 2.24) is 9.88 Å². The second kappa shape index (κ2) is 9.95. The highest BCUT2D eigenvalue weighted by molar-refractivity contribution is 5.95. The largest absolute Gasteiger partial charge is 0.338 e. The predicted molar refractivity (Wildman–Crippen MR) is 110 cm³/mol. The molecule has 1 atom stereocenters. The van der Waals surface area contributed by atoms with E-state index in [9.17, 15) is 0 Å². The highest BCUT2D eigenvalue weighted by Crippen LogP contribution is 2.19. The molecule has 0 radical (unpaired) electrons. The van der Waals surface area contributed by atoms with E-state index in [4.69, 9.17) is 4.99 Å². The molecule has 0 bridgehead atoms. The van der Waals surface area contributed by atoms with Crippen LogP contribution < -0.4 is 5.32 Å². The highest BCUT2D eigenvalue weighted by Gasteiger charge is 2.27. The summed E-state index contributed by atoms with van der Waals surface area (Å²) >= 11 is 0. The number of benzene rings is 1. The molecular weight excluding hydrogens is 320 g/mol. The van der Waals surface area contributed by atoms with E-state index >= 15 is 0 Å². The summed E-state index contributed by atoms with van der Waals surface area (Å²) in [5, 5.41) is 3.52. The smallest absolute Gasteiger partial charge is 0.198 e. The summed E-state index contributed by atoms with van der Waals surface area (Å²) in [4.78, 5) is 11.5. The number of anilines is 1. The Labute approximate surface area is 157 Å². The Morgan fingerprint density at radius 1 is 1.04 bits per heavy atom. The van der Waals surface area contributed by atoms with Crippen molar-refractivity contribution in [3.05, 3.63) is 60.4 Å². The SMILES string of the molecule is CCCCCCCN1C(Nc2ccccc2)=NC[C@@H]1Cc1cccnc1. The maximum absolute atomic E-state index is 4.82. The van der Waals surface area contributed by atoms with Gasteiger partial charge in [0.1, 0.15) is 0 Å². The monoisotopic (exact) mass is 350 g/mol. The summed E-state index contributed by atoms with van der Waals surface area (Å²) in [6, 6.07) is 14.9. The Morgan fingerprint density at radius 2 is 1.88 bits per heavy atom. The van der Waals surface area contributed by atoms with Crippen molar-refractivity contribution >= 4 is 11.6 Å². The average Bonchev–Trinajstić information content (AvgIpc) is 3.04. The van der Waals surface area contributed by atoms with E-state index in [1.54, 1.807) is 0 Å². The van der Waals surface area contributed by atoms with Gasteiger partial charge in [-0.05, 0) is 36.6 Å². The Bertz CT molecular complexity index is 669. The Hall–Kier alpha value is -2.36. The minimum absolute atomic E-state index is 0.414.